The van der Waals surface area contributed by atoms with Crippen molar-refractivity contribution in [1.82, 2.24) is 4.98 Å². The molecule has 0 spiro atoms. The molecule has 0 saturated carbocycles. The maximum Gasteiger partial charge on any atom is 0.255 e. The van der Waals surface area contributed by atoms with Gasteiger partial charge in [-0.05, 0) is 43.3 Å². The van der Waals surface area contributed by atoms with E-state index in [2.05, 4.69) is 10.3 Å². The van der Waals surface area contributed by atoms with E-state index in [0.29, 0.717) is 22.7 Å². The molecule has 0 atom stereocenters. The highest BCUT2D eigenvalue weighted by Gasteiger charge is 2.15. The van der Waals surface area contributed by atoms with Gasteiger partial charge in [0.15, 0.2) is 11.5 Å². The third-order valence-electron chi connectivity index (χ3n) is 3.94. The van der Waals surface area contributed by atoms with Gasteiger partial charge in [0.05, 0.1) is 14.2 Å². The van der Waals surface area contributed by atoms with Crippen LogP contribution in [0.1, 0.15) is 22.8 Å². The number of carbonyl (C=O) groups excluding carboxylic acids is 1. The van der Waals surface area contributed by atoms with Gasteiger partial charge in [0.2, 0.25) is 0 Å². The van der Waals surface area contributed by atoms with Crippen LogP contribution in [0.15, 0.2) is 54.1 Å². The number of carbonyl (C=O) groups is 1. The van der Waals surface area contributed by atoms with Gasteiger partial charge in [0.25, 0.3) is 5.91 Å². The summed E-state index contributed by atoms with van der Waals surface area (Å²) in [5.74, 6) is 0.890. The molecule has 0 fully saturated rings. The predicted octanol–water partition coefficient (Wildman–Crippen LogP) is 5.11. The smallest absolute Gasteiger partial charge is 0.255 e. The molecule has 1 amide bonds. The Bertz CT molecular complexity index is 948. The number of nitrogens with zero attached hydrogens (tertiary/aromatic N) is 1. The summed E-state index contributed by atoms with van der Waals surface area (Å²) in [6, 6.07) is 11.1. The Labute approximate surface area is 162 Å². The lowest BCUT2D eigenvalue weighted by molar-refractivity contribution is 0.102. The highest BCUT2D eigenvalue weighted by Crippen LogP contribution is 2.34. The number of rotatable bonds is 6. The Hall–Kier alpha value is -3.12. The molecule has 2 aromatic carbocycles. The highest BCUT2D eigenvalue weighted by molar-refractivity contribution is 7.13. The van der Waals surface area contributed by atoms with Crippen LogP contribution in [0.5, 0.6) is 11.5 Å². The predicted molar refractivity (Wildman–Crippen MR) is 110 cm³/mol. The molecule has 6 heteroatoms. The molecule has 0 aliphatic carbocycles. The van der Waals surface area contributed by atoms with Crippen molar-refractivity contribution in [2.75, 3.05) is 19.5 Å². The zero-order valence-electron chi connectivity index (χ0n) is 15.4. The first kappa shape index (κ1) is 18.7. The summed E-state index contributed by atoms with van der Waals surface area (Å²) in [7, 11) is 3.13. The number of hydrogen-bond acceptors (Lipinski definition) is 5. The van der Waals surface area contributed by atoms with Crippen LogP contribution in [0.4, 0.5) is 5.69 Å². The quantitative estimate of drug-likeness (QED) is 0.645. The third-order valence-corrected chi connectivity index (χ3v) is 4.76. The number of benzene rings is 2. The van der Waals surface area contributed by atoms with Gasteiger partial charge in [-0.3, -0.25) is 4.79 Å². The summed E-state index contributed by atoms with van der Waals surface area (Å²) < 4.78 is 10.8. The van der Waals surface area contributed by atoms with Crippen molar-refractivity contribution >= 4 is 29.0 Å². The molecule has 138 valence electrons. The Morgan fingerprint density at radius 3 is 2.52 bits per heavy atom. The molecule has 0 bridgehead atoms. The minimum absolute atomic E-state index is 0.219. The van der Waals surface area contributed by atoms with Crippen molar-refractivity contribution < 1.29 is 14.3 Å². The first-order valence-corrected chi connectivity index (χ1v) is 9.24. The molecule has 0 radical (unpaired) electrons. The third kappa shape index (κ3) is 4.17. The largest absolute Gasteiger partial charge is 0.493 e. The number of nitrogens with one attached hydrogen (secondary N) is 1. The summed E-state index contributed by atoms with van der Waals surface area (Å²) in [4.78, 5) is 17.0. The molecule has 0 unspecified atom stereocenters. The summed E-state index contributed by atoms with van der Waals surface area (Å²) in [6.07, 6.45) is 5.53. The fourth-order valence-electron chi connectivity index (χ4n) is 2.69. The average Bonchev–Trinajstić information content (AvgIpc) is 3.23. The van der Waals surface area contributed by atoms with Crippen LogP contribution in [0.25, 0.3) is 16.6 Å². The van der Waals surface area contributed by atoms with Crippen LogP contribution in [0, 0.1) is 0 Å². The fraction of sp³-hybridized carbons (Fsp3) is 0.143. The van der Waals surface area contributed by atoms with Gasteiger partial charge in [-0.1, -0.05) is 12.2 Å². The number of amides is 1. The van der Waals surface area contributed by atoms with E-state index < -0.39 is 0 Å². The van der Waals surface area contributed by atoms with E-state index in [1.54, 1.807) is 43.9 Å². The maximum absolute atomic E-state index is 12.7. The summed E-state index contributed by atoms with van der Waals surface area (Å²) in [6.45, 7) is 1.91. The van der Waals surface area contributed by atoms with Crippen LogP contribution in [0.2, 0.25) is 0 Å². The molecule has 1 aromatic heterocycles. The van der Waals surface area contributed by atoms with E-state index in [4.69, 9.17) is 9.47 Å². The van der Waals surface area contributed by atoms with E-state index >= 15 is 0 Å². The van der Waals surface area contributed by atoms with Crippen molar-refractivity contribution in [2.24, 2.45) is 0 Å². The summed E-state index contributed by atoms with van der Waals surface area (Å²) in [5, 5.41) is 5.80. The van der Waals surface area contributed by atoms with Crippen molar-refractivity contribution in [3.05, 3.63) is 65.2 Å². The Balaban J connectivity index is 1.84. The lowest BCUT2D eigenvalue weighted by Crippen LogP contribution is -2.12. The van der Waals surface area contributed by atoms with Crippen molar-refractivity contribution in [3.63, 3.8) is 0 Å². The Morgan fingerprint density at radius 1 is 1.15 bits per heavy atom. The first-order valence-electron chi connectivity index (χ1n) is 8.36. The van der Waals surface area contributed by atoms with Gasteiger partial charge >= 0.3 is 0 Å². The average molecular weight is 380 g/mol. The number of aromatic nitrogens is 1. The molecule has 5 nitrogen and oxygen atoms in total. The second kappa shape index (κ2) is 8.51. The number of allylic oxidation sites excluding steroid dienone is 1. The van der Waals surface area contributed by atoms with Gasteiger partial charge < -0.3 is 14.8 Å². The monoisotopic (exact) mass is 380 g/mol. The number of thiazole rings is 1. The molecule has 0 saturated heterocycles. The maximum atomic E-state index is 12.7. The SMILES string of the molecule is CC=Cc1cc(C(=O)Nc2ccc(-c3nccs3)cc2)cc(OC)c1OC. The topological polar surface area (TPSA) is 60.5 Å². The van der Waals surface area contributed by atoms with Crippen molar-refractivity contribution in [3.8, 4) is 22.1 Å². The molecule has 3 rings (SSSR count). The van der Waals surface area contributed by atoms with Gasteiger partial charge in [0, 0.05) is 34.0 Å². The lowest BCUT2D eigenvalue weighted by atomic mass is 10.1. The molecule has 0 aliphatic rings. The minimum atomic E-state index is -0.219. The number of anilines is 1. The molecule has 27 heavy (non-hydrogen) atoms. The molecule has 0 aliphatic heterocycles. The van der Waals surface area contributed by atoms with Crippen molar-refractivity contribution in [2.45, 2.75) is 6.92 Å². The minimum Gasteiger partial charge on any atom is -0.493 e. The molecule has 1 heterocycles. The normalized spacial score (nSPS) is 10.8. The second-order valence-corrected chi connectivity index (χ2v) is 6.56. The molecule has 3 aromatic rings. The summed E-state index contributed by atoms with van der Waals surface area (Å²) >= 11 is 1.58. The standard InChI is InChI=1S/C21H20N2O3S/c1-4-5-15-12-16(13-18(25-2)19(15)26-3)20(24)23-17-8-6-14(7-9-17)21-22-10-11-27-21/h4-13H,1-3H3,(H,23,24). The van der Waals surface area contributed by atoms with E-state index in [1.165, 1.54) is 0 Å². The van der Waals surface area contributed by atoms with E-state index in [9.17, 15) is 4.79 Å². The van der Waals surface area contributed by atoms with Gasteiger partial charge in [-0.25, -0.2) is 4.98 Å². The second-order valence-electron chi connectivity index (χ2n) is 5.67. The van der Waals surface area contributed by atoms with Gasteiger partial charge in [0.1, 0.15) is 5.01 Å². The zero-order valence-corrected chi connectivity index (χ0v) is 16.2. The number of methoxy groups -OCH3 is 2. The highest BCUT2D eigenvalue weighted by atomic mass is 32.1. The van der Waals surface area contributed by atoms with Gasteiger partial charge in [-0.2, -0.15) is 0 Å². The van der Waals surface area contributed by atoms with Crippen LogP contribution < -0.4 is 14.8 Å². The van der Waals surface area contributed by atoms with Crippen LogP contribution in [0.3, 0.4) is 0 Å². The number of hydrogen-bond donors (Lipinski definition) is 1. The van der Waals surface area contributed by atoms with Crippen LogP contribution in [-0.4, -0.2) is 25.1 Å². The van der Waals surface area contributed by atoms with Gasteiger partial charge in [-0.15, -0.1) is 11.3 Å². The van der Waals surface area contributed by atoms with Crippen LogP contribution >= 0.6 is 11.3 Å². The van der Waals surface area contributed by atoms with Crippen molar-refractivity contribution in [1.29, 1.82) is 0 Å². The summed E-state index contributed by atoms with van der Waals surface area (Å²) in [5.41, 5.74) is 3.00. The molecular weight excluding hydrogens is 360 g/mol. The van der Waals surface area contributed by atoms with E-state index in [0.717, 1.165) is 16.1 Å². The molecular formula is C21H20N2O3S. The zero-order chi connectivity index (χ0) is 19.2. The Kier molecular flexibility index (Phi) is 5.88. The van der Waals surface area contributed by atoms with E-state index in [1.807, 2.05) is 48.7 Å². The number of ether oxygens (including phenoxy) is 2. The molecule has 1 N–H and O–H groups in total. The fourth-order valence-corrected chi connectivity index (χ4v) is 3.34. The van der Waals surface area contributed by atoms with E-state index in [-0.39, 0.29) is 5.91 Å². The van der Waals surface area contributed by atoms with Crippen LogP contribution in [-0.2, 0) is 0 Å². The first-order chi connectivity index (χ1) is 13.2. The Morgan fingerprint density at radius 2 is 1.93 bits per heavy atom. The lowest BCUT2D eigenvalue weighted by Gasteiger charge is -2.13.